The van der Waals surface area contributed by atoms with Crippen molar-refractivity contribution in [2.24, 2.45) is 0 Å². The fraction of sp³-hybridized carbons (Fsp3) is 0.571. The number of halogens is 4. The van der Waals surface area contributed by atoms with Crippen LogP contribution in [0.4, 0.5) is 18.9 Å². The summed E-state index contributed by atoms with van der Waals surface area (Å²) in [5, 5.41) is 0.170. The molecule has 2 atom stereocenters. The van der Waals surface area contributed by atoms with Gasteiger partial charge >= 0.3 is 6.18 Å². The summed E-state index contributed by atoms with van der Waals surface area (Å²) in [5.41, 5.74) is 0.164. The van der Waals surface area contributed by atoms with E-state index >= 15 is 0 Å². The monoisotopic (exact) mass is 367 g/mol. The molecule has 1 fully saturated rings. The summed E-state index contributed by atoms with van der Waals surface area (Å²) in [5.74, 6) is 0. The lowest BCUT2D eigenvalue weighted by atomic mass is 10.1. The summed E-state index contributed by atoms with van der Waals surface area (Å²) in [4.78, 5) is 1.86. The molecular weight excluding hydrogens is 351 g/mol. The molecule has 2 unspecified atom stereocenters. The minimum absolute atomic E-state index is 0.139. The SMILES string of the molecule is COC1CN(c2ccc(CBr)c(C(F)(F)F)c2)CC1OC. The van der Waals surface area contributed by atoms with Crippen molar-refractivity contribution < 1.29 is 22.6 Å². The van der Waals surface area contributed by atoms with E-state index in [1.165, 1.54) is 12.1 Å². The third-order valence-corrected chi connectivity index (χ3v) is 4.33. The Bertz CT molecular complexity index is 484. The summed E-state index contributed by atoms with van der Waals surface area (Å²) in [6, 6.07) is 4.41. The smallest absolute Gasteiger partial charge is 0.377 e. The molecule has 0 bridgehead atoms. The molecule has 7 heteroatoms. The van der Waals surface area contributed by atoms with Gasteiger partial charge in [0.15, 0.2) is 0 Å². The second kappa shape index (κ2) is 6.54. The normalized spacial score (nSPS) is 22.9. The van der Waals surface area contributed by atoms with Crippen molar-refractivity contribution in [2.45, 2.75) is 23.7 Å². The largest absolute Gasteiger partial charge is 0.416 e. The van der Waals surface area contributed by atoms with Crippen LogP contribution in [0.2, 0.25) is 0 Å². The maximum atomic E-state index is 13.1. The average Bonchev–Trinajstić information content (AvgIpc) is 2.89. The molecule has 0 aliphatic carbocycles. The molecule has 1 aliphatic heterocycles. The molecule has 0 radical (unpaired) electrons. The highest BCUT2D eigenvalue weighted by Gasteiger charge is 2.36. The molecule has 0 spiro atoms. The van der Waals surface area contributed by atoms with E-state index in [1.807, 2.05) is 4.90 Å². The number of methoxy groups -OCH3 is 2. The average molecular weight is 368 g/mol. The number of alkyl halides is 4. The molecule has 1 aliphatic rings. The number of hydrogen-bond donors (Lipinski definition) is 0. The number of hydrogen-bond acceptors (Lipinski definition) is 3. The fourth-order valence-electron chi connectivity index (χ4n) is 2.55. The lowest BCUT2D eigenvalue weighted by Crippen LogP contribution is -2.27. The van der Waals surface area contributed by atoms with E-state index in [1.54, 1.807) is 20.3 Å². The van der Waals surface area contributed by atoms with Crippen LogP contribution in [-0.2, 0) is 21.0 Å². The number of rotatable bonds is 4. The number of benzene rings is 1. The maximum absolute atomic E-state index is 13.1. The van der Waals surface area contributed by atoms with Gasteiger partial charge < -0.3 is 14.4 Å². The topological polar surface area (TPSA) is 21.7 Å². The zero-order valence-electron chi connectivity index (χ0n) is 11.8. The highest BCUT2D eigenvalue weighted by Crippen LogP contribution is 2.36. The molecule has 1 heterocycles. The van der Waals surface area contributed by atoms with Gasteiger partial charge in [-0.25, -0.2) is 0 Å². The molecule has 1 aromatic rings. The first-order chi connectivity index (χ1) is 9.90. The van der Waals surface area contributed by atoms with Crippen molar-refractivity contribution in [3.63, 3.8) is 0 Å². The Hall–Kier alpha value is -0.790. The van der Waals surface area contributed by atoms with E-state index in [4.69, 9.17) is 9.47 Å². The zero-order valence-corrected chi connectivity index (χ0v) is 13.4. The predicted molar refractivity (Wildman–Crippen MR) is 77.9 cm³/mol. The minimum Gasteiger partial charge on any atom is -0.377 e. The van der Waals surface area contributed by atoms with E-state index in [0.29, 0.717) is 18.8 Å². The van der Waals surface area contributed by atoms with E-state index in [-0.39, 0.29) is 23.1 Å². The fourth-order valence-corrected chi connectivity index (χ4v) is 3.04. The lowest BCUT2D eigenvalue weighted by Gasteiger charge is -2.21. The summed E-state index contributed by atoms with van der Waals surface area (Å²) in [6.45, 7) is 1.03. The Morgan fingerprint density at radius 1 is 1.19 bits per heavy atom. The molecule has 118 valence electrons. The van der Waals surface area contributed by atoms with Gasteiger partial charge in [0, 0.05) is 38.3 Å². The molecule has 0 N–H and O–H groups in total. The summed E-state index contributed by atoms with van der Waals surface area (Å²) >= 11 is 3.10. The van der Waals surface area contributed by atoms with Gasteiger partial charge in [0.2, 0.25) is 0 Å². The van der Waals surface area contributed by atoms with Crippen LogP contribution in [0.15, 0.2) is 18.2 Å². The van der Waals surface area contributed by atoms with Crippen LogP contribution in [0.3, 0.4) is 0 Å². The first kappa shape index (κ1) is 16.6. The van der Waals surface area contributed by atoms with Gasteiger partial charge in [-0.15, -0.1) is 0 Å². The molecule has 3 nitrogen and oxygen atoms in total. The molecular formula is C14H17BrF3NO2. The third kappa shape index (κ3) is 3.52. The lowest BCUT2D eigenvalue weighted by molar-refractivity contribution is -0.138. The van der Waals surface area contributed by atoms with Gasteiger partial charge in [0.05, 0.1) is 5.56 Å². The Labute approximate surface area is 130 Å². The Kier molecular flexibility index (Phi) is 5.16. The molecule has 0 aromatic heterocycles. The first-order valence-electron chi connectivity index (χ1n) is 6.47. The predicted octanol–water partition coefficient (Wildman–Crippen LogP) is 3.45. The molecule has 0 amide bonds. The van der Waals surface area contributed by atoms with Crippen LogP contribution in [0, 0.1) is 0 Å². The highest BCUT2D eigenvalue weighted by atomic mass is 79.9. The van der Waals surface area contributed by atoms with Crippen LogP contribution in [0.5, 0.6) is 0 Å². The second-order valence-corrected chi connectivity index (χ2v) is 5.49. The van der Waals surface area contributed by atoms with Crippen molar-refractivity contribution in [1.29, 1.82) is 0 Å². The van der Waals surface area contributed by atoms with Gasteiger partial charge in [-0.05, 0) is 17.7 Å². The minimum atomic E-state index is -4.36. The second-order valence-electron chi connectivity index (χ2n) is 4.93. The Morgan fingerprint density at radius 3 is 2.19 bits per heavy atom. The van der Waals surface area contributed by atoms with E-state index < -0.39 is 11.7 Å². The summed E-state index contributed by atoms with van der Waals surface area (Å²) in [7, 11) is 3.16. The standard InChI is InChI=1S/C14H17BrF3NO2/c1-20-12-7-19(8-13(12)21-2)10-4-3-9(6-15)11(5-10)14(16,17)18/h3-5,12-13H,6-8H2,1-2H3. The summed E-state index contributed by atoms with van der Waals surface area (Å²) in [6.07, 6.45) is -4.64. The van der Waals surface area contributed by atoms with Crippen LogP contribution in [0.1, 0.15) is 11.1 Å². The van der Waals surface area contributed by atoms with Crippen molar-refractivity contribution in [1.82, 2.24) is 0 Å². The first-order valence-corrected chi connectivity index (χ1v) is 7.59. The molecule has 1 saturated heterocycles. The van der Waals surface area contributed by atoms with Crippen molar-refractivity contribution in [3.05, 3.63) is 29.3 Å². The quantitative estimate of drug-likeness (QED) is 0.760. The van der Waals surface area contributed by atoms with Crippen LogP contribution < -0.4 is 4.90 Å². The zero-order chi connectivity index (χ0) is 15.6. The highest BCUT2D eigenvalue weighted by molar-refractivity contribution is 9.08. The van der Waals surface area contributed by atoms with Crippen molar-refractivity contribution in [3.8, 4) is 0 Å². The maximum Gasteiger partial charge on any atom is 0.416 e. The van der Waals surface area contributed by atoms with Gasteiger partial charge in [-0.1, -0.05) is 22.0 Å². The number of anilines is 1. The summed E-state index contributed by atoms with van der Waals surface area (Å²) < 4.78 is 49.9. The van der Waals surface area contributed by atoms with Gasteiger partial charge in [-0.3, -0.25) is 0 Å². The van der Waals surface area contributed by atoms with Crippen LogP contribution in [0.25, 0.3) is 0 Å². The van der Waals surface area contributed by atoms with E-state index in [0.717, 1.165) is 0 Å². The van der Waals surface area contributed by atoms with Crippen molar-refractivity contribution >= 4 is 21.6 Å². The third-order valence-electron chi connectivity index (χ3n) is 3.73. The van der Waals surface area contributed by atoms with Crippen LogP contribution >= 0.6 is 15.9 Å². The van der Waals surface area contributed by atoms with Crippen molar-refractivity contribution in [2.75, 3.05) is 32.2 Å². The van der Waals surface area contributed by atoms with Gasteiger partial charge in [0.1, 0.15) is 12.2 Å². The van der Waals surface area contributed by atoms with Crippen LogP contribution in [-0.4, -0.2) is 39.5 Å². The molecule has 21 heavy (non-hydrogen) atoms. The van der Waals surface area contributed by atoms with E-state index in [2.05, 4.69) is 15.9 Å². The molecule has 0 saturated carbocycles. The van der Waals surface area contributed by atoms with Gasteiger partial charge in [0.25, 0.3) is 0 Å². The number of ether oxygens (including phenoxy) is 2. The number of nitrogens with zero attached hydrogens (tertiary/aromatic N) is 1. The Balaban J connectivity index is 2.29. The molecule has 2 rings (SSSR count). The molecule has 1 aromatic carbocycles. The Morgan fingerprint density at radius 2 is 1.76 bits per heavy atom. The van der Waals surface area contributed by atoms with Gasteiger partial charge in [-0.2, -0.15) is 13.2 Å². The van der Waals surface area contributed by atoms with E-state index in [9.17, 15) is 13.2 Å².